The highest BCUT2D eigenvalue weighted by molar-refractivity contribution is 6.30. The Hall–Kier alpha value is -2.67. The van der Waals surface area contributed by atoms with Gasteiger partial charge >= 0.3 is 0 Å². The first-order valence-corrected chi connectivity index (χ1v) is 10.8. The number of fused-ring (bicyclic) bond motifs is 1. The zero-order valence-electron chi connectivity index (χ0n) is 17.3. The minimum atomic E-state index is -0.408. The van der Waals surface area contributed by atoms with E-state index in [0.29, 0.717) is 18.1 Å². The van der Waals surface area contributed by atoms with E-state index in [0.717, 1.165) is 60.6 Å². The first kappa shape index (κ1) is 19.3. The molecule has 0 bridgehead atoms. The Balaban J connectivity index is 1.36. The quantitative estimate of drug-likeness (QED) is 0.646. The van der Waals surface area contributed by atoms with Crippen LogP contribution in [0.2, 0.25) is 5.02 Å². The number of piperazine rings is 1. The van der Waals surface area contributed by atoms with Crippen molar-refractivity contribution < 1.29 is 4.79 Å². The van der Waals surface area contributed by atoms with E-state index in [9.17, 15) is 4.79 Å². The Labute approximate surface area is 180 Å². The largest absolute Gasteiger partial charge is 0.352 e. The lowest BCUT2D eigenvalue weighted by molar-refractivity contribution is -0.141. The molecule has 0 N–H and O–H groups in total. The molecule has 30 heavy (non-hydrogen) atoms. The minimum absolute atomic E-state index is 0.237. The fourth-order valence-electron chi connectivity index (χ4n) is 4.72. The predicted octanol–water partition coefficient (Wildman–Crippen LogP) is 3.10. The van der Waals surface area contributed by atoms with Crippen LogP contribution in [0.1, 0.15) is 30.7 Å². The molecule has 7 nitrogen and oxygen atoms in total. The number of carbonyl (C=O) groups excluding carboxylic acids is 1. The van der Waals surface area contributed by atoms with E-state index in [2.05, 4.69) is 20.0 Å². The Kier molecular flexibility index (Phi) is 4.65. The van der Waals surface area contributed by atoms with Gasteiger partial charge in [0.15, 0.2) is 5.65 Å². The molecule has 2 fully saturated rings. The van der Waals surface area contributed by atoms with Gasteiger partial charge in [-0.1, -0.05) is 30.2 Å². The van der Waals surface area contributed by atoms with Crippen LogP contribution < -0.4 is 4.90 Å². The van der Waals surface area contributed by atoms with E-state index in [1.165, 1.54) is 0 Å². The molecule has 1 aromatic carbocycles. The SMILES string of the molecule is Cc1nc(N2CCN(C(=O)C3(c4cccc(Cl)c4)CCC3)CC2)c2cnn(C)c2n1. The smallest absolute Gasteiger partial charge is 0.233 e. The van der Waals surface area contributed by atoms with Crippen molar-refractivity contribution in [3.05, 3.63) is 46.9 Å². The summed E-state index contributed by atoms with van der Waals surface area (Å²) in [4.78, 5) is 27.0. The Morgan fingerprint density at radius 2 is 1.90 bits per heavy atom. The van der Waals surface area contributed by atoms with E-state index >= 15 is 0 Å². The van der Waals surface area contributed by atoms with Gasteiger partial charge in [0.2, 0.25) is 5.91 Å². The summed E-state index contributed by atoms with van der Waals surface area (Å²) in [7, 11) is 1.89. The van der Waals surface area contributed by atoms with Crippen molar-refractivity contribution in [2.75, 3.05) is 31.1 Å². The summed E-state index contributed by atoms with van der Waals surface area (Å²) in [6.45, 7) is 4.77. The van der Waals surface area contributed by atoms with Gasteiger partial charge in [-0.05, 0) is 37.5 Å². The van der Waals surface area contributed by atoms with E-state index in [-0.39, 0.29) is 5.91 Å². The second-order valence-electron chi connectivity index (χ2n) is 8.33. The molecule has 3 aromatic rings. The van der Waals surface area contributed by atoms with Crippen molar-refractivity contribution in [3.8, 4) is 0 Å². The number of rotatable bonds is 3. The van der Waals surface area contributed by atoms with Crippen LogP contribution in [0.5, 0.6) is 0 Å². The molecule has 0 unspecified atom stereocenters. The lowest BCUT2D eigenvalue weighted by Crippen LogP contribution is -2.57. The Bertz CT molecular complexity index is 1110. The number of halogens is 1. The first-order valence-electron chi connectivity index (χ1n) is 10.4. The molecule has 8 heteroatoms. The predicted molar refractivity (Wildman–Crippen MR) is 117 cm³/mol. The summed E-state index contributed by atoms with van der Waals surface area (Å²) in [6.07, 6.45) is 4.70. The maximum Gasteiger partial charge on any atom is 0.233 e. The van der Waals surface area contributed by atoms with Crippen LogP contribution in [-0.2, 0) is 17.3 Å². The average molecular weight is 425 g/mol. The molecular formula is C22H25ClN6O. The van der Waals surface area contributed by atoms with Gasteiger partial charge in [-0.3, -0.25) is 9.48 Å². The third kappa shape index (κ3) is 3.03. The van der Waals surface area contributed by atoms with Gasteiger partial charge in [0.05, 0.1) is 17.0 Å². The van der Waals surface area contributed by atoms with Crippen LogP contribution in [0.4, 0.5) is 5.82 Å². The van der Waals surface area contributed by atoms with Gasteiger partial charge in [0.25, 0.3) is 0 Å². The number of anilines is 1. The number of nitrogens with zero attached hydrogens (tertiary/aromatic N) is 6. The fourth-order valence-corrected chi connectivity index (χ4v) is 4.91. The molecule has 156 valence electrons. The summed E-state index contributed by atoms with van der Waals surface area (Å²) in [5.41, 5.74) is 1.48. The number of hydrogen-bond acceptors (Lipinski definition) is 5. The molecule has 2 aromatic heterocycles. The zero-order chi connectivity index (χ0) is 20.9. The molecule has 1 saturated heterocycles. The second kappa shape index (κ2) is 7.23. The maximum absolute atomic E-state index is 13.6. The third-order valence-corrected chi connectivity index (χ3v) is 6.78. The van der Waals surface area contributed by atoms with Gasteiger partial charge in [-0.15, -0.1) is 0 Å². The van der Waals surface area contributed by atoms with Gasteiger partial charge in [-0.2, -0.15) is 5.10 Å². The van der Waals surface area contributed by atoms with Crippen molar-refractivity contribution in [2.24, 2.45) is 7.05 Å². The normalized spacial score (nSPS) is 18.5. The Morgan fingerprint density at radius 3 is 2.57 bits per heavy atom. The van der Waals surface area contributed by atoms with Crippen molar-refractivity contribution in [3.63, 3.8) is 0 Å². The fraction of sp³-hybridized carbons (Fsp3) is 0.455. The van der Waals surface area contributed by atoms with E-state index in [1.54, 1.807) is 4.68 Å². The molecule has 5 rings (SSSR count). The highest BCUT2D eigenvalue weighted by atomic mass is 35.5. The van der Waals surface area contributed by atoms with Crippen LogP contribution in [0.3, 0.4) is 0 Å². The molecule has 0 atom stereocenters. The molecule has 1 amide bonds. The molecule has 2 aliphatic rings. The summed E-state index contributed by atoms with van der Waals surface area (Å²) in [6, 6.07) is 7.81. The van der Waals surface area contributed by atoms with E-state index in [1.807, 2.05) is 49.3 Å². The number of aryl methyl sites for hydroxylation is 2. The second-order valence-corrected chi connectivity index (χ2v) is 8.76. The van der Waals surface area contributed by atoms with Crippen LogP contribution >= 0.6 is 11.6 Å². The van der Waals surface area contributed by atoms with Crippen LogP contribution in [0.15, 0.2) is 30.5 Å². The van der Waals surface area contributed by atoms with Crippen LogP contribution in [0.25, 0.3) is 11.0 Å². The van der Waals surface area contributed by atoms with Crippen molar-refractivity contribution in [1.82, 2.24) is 24.6 Å². The van der Waals surface area contributed by atoms with Gasteiger partial charge in [-0.25, -0.2) is 9.97 Å². The number of carbonyl (C=O) groups is 1. The number of aromatic nitrogens is 4. The number of amides is 1. The van der Waals surface area contributed by atoms with Gasteiger partial charge in [0, 0.05) is 38.2 Å². The van der Waals surface area contributed by atoms with Gasteiger partial charge in [0.1, 0.15) is 11.6 Å². The van der Waals surface area contributed by atoms with Crippen molar-refractivity contribution in [2.45, 2.75) is 31.6 Å². The lowest BCUT2D eigenvalue weighted by atomic mass is 9.63. The topological polar surface area (TPSA) is 67.2 Å². The third-order valence-electron chi connectivity index (χ3n) is 6.54. The summed E-state index contributed by atoms with van der Waals surface area (Å²) in [5, 5.41) is 5.99. The monoisotopic (exact) mass is 424 g/mol. The molecule has 0 spiro atoms. The summed E-state index contributed by atoms with van der Waals surface area (Å²) >= 11 is 6.22. The zero-order valence-corrected chi connectivity index (χ0v) is 18.1. The minimum Gasteiger partial charge on any atom is -0.352 e. The molecule has 1 aliphatic heterocycles. The summed E-state index contributed by atoms with van der Waals surface area (Å²) < 4.78 is 1.78. The number of hydrogen-bond donors (Lipinski definition) is 0. The average Bonchev–Trinajstić information content (AvgIpc) is 3.07. The molecule has 1 aliphatic carbocycles. The van der Waals surface area contributed by atoms with E-state index < -0.39 is 5.41 Å². The molecule has 1 saturated carbocycles. The standard InChI is InChI=1S/C22H25ClN6O/c1-15-25-19-18(14-24-27(19)2)20(26-15)28-9-11-29(12-10-28)21(30)22(7-4-8-22)16-5-3-6-17(23)13-16/h3,5-6,13-14H,4,7-12H2,1-2H3. The van der Waals surface area contributed by atoms with E-state index in [4.69, 9.17) is 11.6 Å². The highest BCUT2D eigenvalue weighted by Crippen LogP contribution is 2.46. The summed E-state index contributed by atoms with van der Waals surface area (Å²) in [5.74, 6) is 1.88. The van der Waals surface area contributed by atoms with Crippen molar-refractivity contribution >= 4 is 34.4 Å². The first-order chi connectivity index (χ1) is 14.5. The molecule has 3 heterocycles. The maximum atomic E-state index is 13.6. The molecule has 0 radical (unpaired) electrons. The molecular weight excluding hydrogens is 400 g/mol. The van der Waals surface area contributed by atoms with Crippen molar-refractivity contribution in [1.29, 1.82) is 0 Å². The van der Waals surface area contributed by atoms with Gasteiger partial charge < -0.3 is 9.80 Å². The van der Waals surface area contributed by atoms with Crippen LogP contribution in [-0.4, -0.2) is 56.7 Å². The number of benzene rings is 1. The lowest BCUT2D eigenvalue weighted by Gasteiger charge is -2.46. The Morgan fingerprint density at radius 1 is 1.13 bits per heavy atom. The van der Waals surface area contributed by atoms with Crippen LogP contribution in [0, 0.1) is 6.92 Å². The highest BCUT2D eigenvalue weighted by Gasteiger charge is 2.48.